The Hall–Kier alpha value is -0.380. The normalized spacial score (nSPS) is 12.3. The fourth-order valence-corrected chi connectivity index (χ4v) is 2.62. The van der Waals surface area contributed by atoms with E-state index in [1.807, 2.05) is 0 Å². The van der Waals surface area contributed by atoms with Crippen molar-refractivity contribution in [2.24, 2.45) is 0 Å². The number of thiophene rings is 1. The van der Waals surface area contributed by atoms with E-state index in [1.165, 1.54) is 5.56 Å². The largest absolute Gasteiger partial charge is 0.311 e. The summed E-state index contributed by atoms with van der Waals surface area (Å²) < 4.78 is 0. The van der Waals surface area contributed by atoms with Crippen LogP contribution in [0.2, 0.25) is 0 Å². The van der Waals surface area contributed by atoms with E-state index in [0.29, 0.717) is 0 Å². The minimum Gasteiger partial charge on any atom is -0.311 e. The molecular weight excluding hydrogens is 204 g/mol. The van der Waals surface area contributed by atoms with Gasteiger partial charge in [-0.2, -0.15) is 11.3 Å². The lowest BCUT2D eigenvalue weighted by atomic mass is 10.1. The lowest BCUT2D eigenvalue weighted by molar-refractivity contribution is 0.232. The van der Waals surface area contributed by atoms with Gasteiger partial charge in [0, 0.05) is 18.6 Å². The SMILES string of the molecule is CCNC(C)(C)CN(C)Cc1ccsc1. The van der Waals surface area contributed by atoms with Crippen LogP contribution < -0.4 is 5.32 Å². The van der Waals surface area contributed by atoms with Crippen LogP contribution in [-0.4, -0.2) is 30.6 Å². The molecule has 0 spiro atoms. The minimum atomic E-state index is 0.194. The van der Waals surface area contributed by atoms with Gasteiger partial charge in [-0.1, -0.05) is 6.92 Å². The summed E-state index contributed by atoms with van der Waals surface area (Å²) in [5, 5.41) is 7.85. The van der Waals surface area contributed by atoms with Gasteiger partial charge >= 0.3 is 0 Å². The number of nitrogens with one attached hydrogen (secondary N) is 1. The molecule has 0 aromatic carbocycles. The third-order valence-corrected chi connectivity index (χ3v) is 3.09. The van der Waals surface area contributed by atoms with Gasteiger partial charge in [-0.05, 0) is 49.8 Å². The maximum absolute atomic E-state index is 3.49. The van der Waals surface area contributed by atoms with E-state index in [2.05, 4.69) is 54.9 Å². The quantitative estimate of drug-likeness (QED) is 0.802. The van der Waals surface area contributed by atoms with Crippen LogP contribution in [-0.2, 0) is 6.54 Å². The van der Waals surface area contributed by atoms with Crippen molar-refractivity contribution in [1.82, 2.24) is 10.2 Å². The first-order chi connectivity index (χ1) is 7.03. The molecule has 15 heavy (non-hydrogen) atoms. The summed E-state index contributed by atoms with van der Waals surface area (Å²) in [4.78, 5) is 2.37. The van der Waals surface area contributed by atoms with E-state index >= 15 is 0 Å². The minimum absolute atomic E-state index is 0.194. The third kappa shape index (κ3) is 4.78. The van der Waals surface area contributed by atoms with Gasteiger partial charge in [0.15, 0.2) is 0 Å². The summed E-state index contributed by atoms with van der Waals surface area (Å²) in [7, 11) is 2.18. The molecule has 0 saturated carbocycles. The van der Waals surface area contributed by atoms with Gasteiger partial charge in [0.05, 0.1) is 0 Å². The summed E-state index contributed by atoms with van der Waals surface area (Å²) >= 11 is 1.77. The number of nitrogens with zero attached hydrogens (tertiary/aromatic N) is 1. The van der Waals surface area contributed by atoms with Gasteiger partial charge in [-0.3, -0.25) is 0 Å². The second-order valence-electron chi connectivity index (χ2n) is 4.72. The highest BCUT2D eigenvalue weighted by Crippen LogP contribution is 2.11. The smallest absolute Gasteiger partial charge is 0.0252 e. The van der Waals surface area contributed by atoms with E-state index in [1.54, 1.807) is 11.3 Å². The maximum Gasteiger partial charge on any atom is 0.0252 e. The molecule has 0 atom stereocenters. The van der Waals surface area contributed by atoms with Crippen molar-refractivity contribution in [3.63, 3.8) is 0 Å². The van der Waals surface area contributed by atoms with Crippen LogP contribution in [0.15, 0.2) is 16.8 Å². The fraction of sp³-hybridized carbons (Fsp3) is 0.667. The standard InChI is InChI=1S/C12H22N2S/c1-5-13-12(2,3)10-14(4)8-11-6-7-15-9-11/h6-7,9,13H,5,8,10H2,1-4H3. The van der Waals surface area contributed by atoms with Gasteiger partial charge in [0.1, 0.15) is 0 Å². The van der Waals surface area contributed by atoms with Crippen molar-refractivity contribution in [3.05, 3.63) is 22.4 Å². The van der Waals surface area contributed by atoms with Crippen molar-refractivity contribution >= 4 is 11.3 Å². The molecule has 86 valence electrons. The first-order valence-electron chi connectivity index (χ1n) is 5.48. The lowest BCUT2D eigenvalue weighted by Gasteiger charge is -2.31. The fourth-order valence-electron chi connectivity index (χ4n) is 1.96. The third-order valence-electron chi connectivity index (χ3n) is 2.35. The average molecular weight is 226 g/mol. The van der Waals surface area contributed by atoms with Crippen molar-refractivity contribution in [1.29, 1.82) is 0 Å². The Balaban J connectivity index is 2.38. The monoisotopic (exact) mass is 226 g/mol. The first-order valence-corrected chi connectivity index (χ1v) is 6.42. The van der Waals surface area contributed by atoms with Gasteiger partial charge < -0.3 is 10.2 Å². The molecule has 1 heterocycles. The van der Waals surface area contributed by atoms with E-state index in [0.717, 1.165) is 19.6 Å². The molecule has 0 aliphatic rings. The average Bonchev–Trinajstić information content (AvgIpc) is 2.54. The zero-order valence-electron chi connectivity index (χ0n) is 10.2. The summed E-state index contributed by atoms with van der Waals surface area (Å²) in [5.74, 6) is 0. The molecule has 0 saturated heterocycles. The number of rotatable bonds is 6. The van der Waals surface area contributed by atoms with E-state index in [-0.39, 0.29) is 5.54 Å². The molecule has 1 rings (SSSR count). The summed E-state index contributed by atoms with van der Waals surface area (Å²) in [6.07, 6.45) is 0. The first kappa shape index (κ1) is 12.7. The second kappa shape index (κ2) is 5.64. The zero-order chi connectivity index (χ0) is 11.3. The predicted molar refractivity (Wildman–Crippen MR) is 68.4 cm³/mol. The van der Waals surface area contributed by atoms with Crippen molar-refractivity contribution in [2.75, 3.05) is 20.1 Å². The molecule has 0 fully saturated rings. The Kier molecular flexibility index (Phi) is 4.77. The van der Waals surface area contributed by atoms with Crippen molar-refractivity contribution < 1.29 is 0 Å². The van der Waals surface area contributed by atoms with Crippen molar-refractivity contribution in [2.45, 2.75) is 32.9 Å². The van der Waals surface area contributed by atoms with Gasteiger partial charge in [0.2, 0.25) is 0 Å². The van der Waals surface area contributed by atoms with Crippen LogP contribution in [0.25, 0.3) is 0 Å². The molecular formula is C12H22N2S. The highest BCUT2D eigenvalue weighted by Gasteiger charge is 2.18. The highest BCUT2D eigenvalue weighted by atomic mass is 32.1. The van der Waals surface area contributed by atoms with Crippen LogP contribution in [0.1, 0.15) is 26.3 Å². The Labute approximate surface area is 97.3 Å². The summed E-state index contributed by atoms with van der Waals surface area (Å²) in [6.45, 7) is 9.79. The molecule has 2 nitrogen and oxygen atoms in total. The Morgan fingerprint density at radius 3 is 2.73 bits per heavy atom. The molecule has 0 unspecified atom stereocenters. The van der Waals surface area contributed by atoms with Crippen LogP contribution >= 0.6 is 11.3 Å². The maximum atomic E-state index is 3.49. The molecule has 0 aliphatic heterocycles. The zero-order valence-corrected chi connectivity index (χ0v) is 11.0. The summed E-state index contributed by atoms with van der Waals surface area (Å²) in [6, 6.07) is 2.20. The summed E-state index contributed by atoms with van der Waals surface area (Å²) in [5.41, 5.74) is 1.61. The molecule has 1 N–H and O–H groups in total. The number of hydrogen-bond donors (Lipinski definition) is 1. The molecule has 1 aromatic rings. The lowest BCUT2D eigenvalue weighted by Crippen LogP contribution is -2.47. The molecule has 0 amide bonds. The van der Waals surface area contributed by atoms with E-state index in [9.17, 15) is 0 Å². The van der Waals surface area contributed by atoms with E-state index in [4.69, 9.17) is 0 Å². The van der Waals surface area contributed by atoms with Crippen LogP contribution in [0.4, 0.5) is 0 Å². The molecule has 0 radical (unpaired) electrons. The molecule has 1 aromatic heterocycles. The van der Waals surface area contributed by atoms with Crippen molar-refractivity contribution in [3.8, 4) is 0 Å². The topological polar surface area (TPSA) is 15.3 Å². The highest BCUT2D eigenvalue weighted by molar-refractivity contribution is 7.07. The van der Waals surface area contributed by atoms with Gasteiger partial charge in [-0.15, -0.1) is 0 Å². The predicted octanol–water partition coefficient (Wildman–Crippen LogP) is 2.57. The second-order valence-corrected chi connectivity index (χ2v) is 5.50. The number of hydrogen-bond acceptors (Lipinski definition) is 3. The molecule has 0 aliphatic carbocycles. The Morgan fingerprint density at radius 1 is 1.47 bits per heavy atom. The van der Waals surface area contributed by atoms with Crippen LogP contribution in [0, 0.1) is 0 Å². The molecule has 3 heteroatoms. The van der Waals surface area contributed by atoms with Gasteiger partial charge in [0.25, 0.3) is 0 Å². The van der Waals surface area contributed by atoms with Crippen LogP contribution in [0.3, 0.4) is 0 Å². The van der Waals surface area contributed by atoms with Crippen LogP contribution in [0.5, 0.6) is 0 Å². The Morgan fingerprint density at radius 2 is 2.20 bits per heavy atom. The molecule has 0 bridgehead atoms. The Bertz CT molecular complexity index is 267. The van der Waals surface area contributed by atoms with E-state index < -0.39 is 0 Å². The number of likely N-dealkylation sites (N-methyl/N-ethyl adjacent to an activating group) is 2. The van der Waals surface area contributed by atoms with Gasteiger partial charge in [-0.25, -0.2) is 0 Å².